The van der Waals surface area contributed by atoms with Gasteiger partial charge in [0.05, 0.1) is 12.4 Å². The van der Waals surface area contributed by atoms with Crippen LogP contribution in [0.1, 0.15) is 50.2 Å². The van der Waals surface area contributed by atoms with Crippen LogP contribution in [0.15, 0.2) is 35.3 Å². The maximum Gasteiger partial charge on any atom is 0.223 e. The predicted octanol–water partition coefficient (Wildman–Crippen LogP) is 3.56. The number of imidazole rings is 1. The lowest BCUT2D eigenvalue weighted by Crippen LogP contribution is -2.40. The van der Waals surface area contributed by atoms with Crippen molar-refractivity contribution in [1.29, 1.82) is 0 Å². The van der Waals surface area contributed by atoms with Crippen LogP contribution >= 0.6 is 0 Å². The number of hydrogen-bond acceptors (Lipinski definition) is 3. The van der Waals surface area contributed by atoms with E-state index in [9.17, 15) is 4.79 Å². The first-order valence-electron chi connectivity index (χ1n) is 8.45. The zero-order valence-corrected chi connectivity index (χ0v) is 13.9. The largest absolute Gasteiger partial charge is 0.464 e. The van der Waals surface area contributed by atoms with E-state index in [-0.39, 0.29) is 11.9 Å². The number of furan rings is 1. The molecular formula is C18H25N3O2. The summed E-state index contributed by atoms with van der Waals surface area (Å²) in [6.45, 7) is 5.87. The van der Waals surface area contributed by atoms with Gasteiger partial charge in [0.2, 0.25) is 5.91 Å². The summed E-state index contributed by atoms with van der Waals surface area (Å²) in [5, 5.41) is 0. The van der Waals surface area contributed by atoms with Gasteiger partial charge in [0.1, 0.15) is 11.5 Å². The van der Waals surface area contributed by atoms with Gasteiger partial charge in [-0.1, -0.05) is 6.92 Å². The number of carbonyl (C=O) groups excluding carboxylic acids is 1. The number of rotatable bonds is 5. The maximum atomic E-state index is 12.7. The van der Waals surface area contributed by atoms with Gasteiger partial charge in [-0.05, 0) is 44.2 Å². The van der Waals surface area contributed by atoms with Crippen molar-refractivity contribution in [3.8, 4) is 0 Å². The third-order valence-electron chi connectivity index (χ3n) is 4.64. The molecule has 0 spiro atoms. The van der Waals surface area contributed by atoms with E-state index in [0.29, 0.717) is 12.3 Å². The van der Waals surface area contributed by atoms with E-state index in [0.717, 1.165) is 43.9 Å². The van der Waals surface area contributed by atoms with Gasteiger partial charge in [-0.3, -0.25) is 4.79 Å². The fourth-order valence-electron chi connectivity index (χ4n) is 3.32. The normalized spacial score (nSPS) is 21.6. The van der Waals surface area contributed by atoms with Crippen LogP contribution < -0.4 is 0 Å². The molecule has 1 amide bonds. The molecule has 1 aliphatic heterocycles. The Hall–Kier alpha value is -2.04. The molecule has 2 atom stereocenters. The first-order valence-corrected chi connectivity index (χ1v) is 8.45. The van der Waals surface area contributed by atoms with Crippen molar-refractivity contribution >= 4 is 5.91 Å². The van der Waals surface area contributed by atoms with Gasteiger partial charge in [0.25, 0.3) is 0 Å². The molecule has 2 unspecified atom stereocenters. The summed E-state index contributed by atoms with van der Waals surface area (Å²) in [7, 11) is 0. The molecule has 3 heterocycles. The number of likely N-dealkylation sites (tertiary alicyclic amines) is 1. The highest BCUT2D eigenvalue weighted by Gasteiger charge is 2.32. The Kier molecular flexibility index (Phi) is 4.84. The number of amides is 1. The molecule has 3 rings (SSSR count). The van der Waals surface area contributed by atoms with Gasteiger partial charge in [0.15, 0.2) is 0 Å². The van der Waals surface area contributed by atoms with Crippen molar-refractivity contribution in [3.05, 3.63) is 42.4 Å². The van der Waals surface area contributed by atoms with Crippen LogP contribution in [0.3, 0.4) is 0 Å². The minimum Gasteiger partial charge on any atom is -0.464 e. The number of nitrogens with zero attached hydrogens (tertiary/aromatic N) is 3. The number of aromatic nitrogens is 2. The minimum absolute atomic E-state index is 0.0909. The Morgan fingerprint density at radius 2 is 2.30 bits per heavy atom. The van der Waals surface area contributed by atoms with E-state index in [4.69, 9.17) is 4.42 Å². The quantitative estimate of drug-likeness (QED) is 0.847. The van der Waals surface area contributed by atoms with Gasteiger partial charge in [-0.25, -0.2) is 4.98 Å². The molecule has 124 valence electrons. The number of piperidine rings is 1. The van der Waals surface area contributed by atoms with Crippen LogP contribution in [0.4, 0.5) is 0 Å². The van der Waals surface area contributed by atoms with Gasteiger partial charge >= 0.3 is 0 Å². The average molecular weight is 315 g/mol. The van der Waals surface area contributed by atoms with E-state index in [1.165, 1.54) is 0 Å². The van der Waals surface area contributed by atoms with Gasteiger partial charge < -0.3 is 13.9 Å². The zero-order chi connectivity index (χ0) is 16.2. The molecular weight excluding hydrogens is 290 g/mol. The van der Waals surface area contributed by atoms with E-state index < -0.39 is 0 Å². The predicted molar refractivity (Wildman–Crippen MR) is 87.8 cm³/mol. The number of hydrogen-bond donors (Lipinski definition) is 0. The van der Waals surface area contributed by atoms with Gasteiger partial charge in [-0.2, -0.15) is 0 Å². The molecule has 0 bridgehead atoms. The monoisotopic (exact) mass is 315 g/mol. The maximum absolute atomic E-state index is 12.7. The van der Waals surface area contributed by atoms with Crippen LogP contribution in [0.5, 0.6) is 0 Å². The minimum atomic E-state index is 0.0909. The van der Waals surface area contributed by atoms with E-state index in [2.05, 4.69) is 11.9 Å². The third kappa shape index (κ3) is 3.84. The molecule has 0 saturated carbocycles. The van der Waals surface area contributed by atoms with Crippen molar-refractivity contribution < 1.29 is 9.21 Å². The molecule has 1 aliphatic rings. The highest BCUT2D eigenvalue weighted by atomic mass is 16.3. The Labute approximate surface area is 137 Å². The Balaban J connectivity index is 1.62. The molecule has 0 aromatic carbocycles. The second-order valence-corrected chi connectivity index (χ2v) is 6.58. The molecule has 2 aromatic heterocycles. The smallest absolute Gasteiger partial charge is 0.223 e. The number of aryl methyl sites for hydroxylation is 2. The third-order valence-corrected chi connectivity index (χ3v) is 4.64. The van der Waals surface area contributed by atoms with E-state index >= 15 is 0 Å². The molecule has 2 aromatic rings. The fraction of sp³-hybridized carbons (Fsp3) is 0.556. The summed E-state index contributed by atoms with van der Waals surface area (Å²) in [5.41, 5.74) is 0. The van der Waals surface area contributed by atoms with Crippen molar-refractivity contribution in [2.45, 2.75) is 52.1 Å². The molecule has 5 nitrogen and oxygen atoms in total. The average Bonchev–Trinajstić information content (AvgIpc) is 3.18. The lowest BCUT2D eigenvalue weighted by atomic mass is 9.90. The summed E-state index contributed by atoms with van der Waals surface area (Å²) in [5.74, 6) is 2.69. The SMILES string of the molecule is Cc1ccc(C2CC(C)CCN2C(=O)CCCn2ccnc2)o1. The summed E-state index contributed by atoms with van der Waals surface area (Å²) in [6, 6.07) is 4.09. The van der Waals surface area contributed by atoms with Crippen LogP contribution in [0.2, 0.25) is 0 Å². The van der Waals surface area contributed by atoms with E-state index in [1.807, 2.05) is 34.7 Å². The molecule has 0 N–H and O–H groups in total. The summed E-state index contributed by atoms with van der Waals surface area (Å²) < 4.78 is 7.82. The summed E-state index contributed by atoms with van der Waals surface area (Å²) in [6.07, 6.45) is 8.96. The second-order valence-electron chi connectivity index (χ2n) is 6.58. The van der Waals surface area contributed by atoms with Crippen molar-refractivity contribution in [2.24, 2.45) is 5.92 Å². The molecule has 0 aliphatic carbocycles. The van der Waals surface area contributed by atoms with Crippen LogP contribution in [-0.4, -0.2) is 26.9 Å². The summed E-state index contributed by atoms with van der Waals surface area (Å²) >= 11 is 0. The molecule has 1 fully saturated rings. The molecule has 5 heteroatoms. The summed E-state index contributed by atoms with van der Waals surface area (Å²) in [4.78, 5) is 18.7. The Morgan fingerprint density at radius 1 is 1.43 bits per heavy atom. The van der Waals surface area contributed by atoms with Gasteiger partial charge in [-0.15, -0.1) is 0 Å². The van der Waals surface area contributed by atoms with Crippen LogP contribution in [-0.2, 0) is 11.3 Å². The first kappa shape index (κ1) is 15.8. The molecule has 0 radical (unpaired) electrons. The van der Waals surface area contributed by atoms with Crippen molar-refractivity contribution in [3.63, 3.8) is 0 Å². The lowest BCUT2D eigenvalue weighted by molar-refractivity contribution is -0.136. The zero-order valence-electron chi connectivity index (χ0n) is 13.9. The highest BCUT2D eigenvalue weighted by Crippen LogP contribution is 2.35. The fourth-order valence-corrected chi connectivity index (χ4v) is 3.32. The Bertz CT molecular complexity index is 632. The van der Waals surface area contributed by atoms with Crippen LogP contribution in [0.25, 0.3) is 0 Å². The van der Waals surface area contributed by atoms with Crippen molar-refractivity contribution in [2.75, 3.05) is 6.54 Å². The Morgan fingerprint density at radius 3 is 3.00 bits per heavy atom. The topological polar surface area (TPSA) is 51.3 Å². The number of carbonyl (C=O) groups is 1. The standard InChI is InChI=1S/C18H25N3O2/c1-14-7-10-21(16(12-14)17-6-5-15(2)23-17)18(22)4-3-9-20-11-8-19-13-20/h5-6,8,11,13-14,16H,3-4,7,9-10,12H2,1-2H3. The molecule has 1 saturated heterocycles. The molecule has 23 heavy (non-hydrogen) atoms. The van der Waals surface area contributed by atoms with Crippen molar-refractivity contribution in [1.82, 2.24) is 14.5 Å². The van der Waals surface area contributed by atoms with E-state index in [1.54, 1.807) is 12.5 Å². The first-order chi connectivity index (χ1) is 11.1. The highest BCUT2D eigenvalue weighted by molar-refractivity contribution is 5.76. The van der Waals surface area contributed by atoms with Crippen LogP contribution in [0, 0.1) is 12.8 Å². The second kappa shape index (κ2) is 7.02. The lowest BCUT2D eigenvalue weighted by Gasteiger charge is -2.37. The van der Waals surface area contributed by atoms with Gasteiger partial charge in [0, 0.05) is 31.9 Å².